The van der Waals surface area contributed by atoms with E-state index in [2.05, 4.69) is 33.2 Å². The highest BCUT2D eigenvalue weighted by Crippen LogP contribution is 2.58. The van der Waals surface area contributed by atoms with Gasteiger partial charge in [0.15, 0.2) is 0 Å². The monoisotopic (exact) mass is 622 g/mol. The molecule has 0 saturated carbocycles. The molecule has 35 heavy (non-hydrogen) atoms. The summed E-state index contributed by atoms with van der Waals surface area (Å²) < 4.78 is 6.77. The van der Waals surface area contributed by atoms with Gasteiger partial charge in [-0.3, -0.25) is 9.59 Å². The lowest BCUT2D eigenvalue weighted by atomic mass is 9.59. The third kappa shape index (κ3) is 4.18. The number of carbonyl (C=O) groups excluding carboxylic acids is 2. The predicted molar refractivity (Wildman–Crippen MR) is 143 cm³/mol. The van der Waals surface area contributed by atoms with Gasteiger partial charge in [-0.2, -0.15) is 0 Å². The third-order valence-electron chi connectivity index (χ3n) is 6.63. The molecule has 5 rings (SSSR count). The third-order valence-corrected chi connectivity index (χ3v) is 7.77. The Bertz CT molecular complexity index is 1330. The maximum Gasteiger partial charge on any atom is 0.238 e. The van der Waals surface area contributed by atoms with E-state index < -0.39 is 17.4 Å². The number of aliphatic hydroxyl groups is 1. The molecule has 9 heteroatoms. The highest BCUT2D eigenvalue weighted by atomic mass is 127. The van der Waals surface area contributed by atoms with Gasteiger partial charge in [0.2, 0.25) is 11.8 Å². The number of amides is 2. The Balaban J connectivity index is 1.80. The van der Waals surface area contributed by atoms with E-state index in [9.17, 15) is 14.7 Å². The molecule has 0 radical (unpaired) electrons. The fraction of sp³-hybridized carbons (Fsp3) is 0.231. The number of ether oxygens (including phenoxy) is 1. The van der Waals surface area contributed by atoms with E-state index in [1.165, 1.54) is 0 Å². The lowest BCUT2D eigenvalue weighted by molar-refractivity contribution is -0.131. The Morgan fingerprint density at radius 1 is 1.06 bits per heavy atom. The van der Waals surface area contributed by atoms with Crippen molar-refractivity contribution in [3.05, 3.63) is 91.0 Å². The number of carbonyl (C=O) groups is 2. The van der Waals surface area contributed by atoms with Crippen molar-refractivity contribution in [2.24, 2.45) is 0 Å². The van der Waals surface area contributed by atoms with Crippen molar-refractivity contribution in [2.45, 2.75) is 23.8 Å². The predicted octanol–water partition coefficient (Wildman–Crippen LogP) is 5.20. The first-order valence-corrected chi connectivity index (χ1v) is 12.9. The summed E-state index contributed by atoms with van der Waals surface area (Å²) in [4.78, 5) is 27.2. The van der Waals surface area contributed by atoms with Gasteiger partial charge >= 0.3 is 0 Å². The molecule has 0 aliphatic carbocycles. The number of hydrogen-bond donors (Lipinski definition) is 3. The van der Waals surface area contributed by atoms with E-state index in [1.54, 1.807) is 24.3 Å². The van der Waals surface area contributed by atoms with Crippen LogP contribution in [0.5, 0.6) is 5.75 Å². The van der Waals surface area contributed by atoms with E-state index in [0.29, 0.717) is 27.0 Å². The molecule has 3 atom stereocenters. The fourth-order valence-electron chi connectivity index (χ4n) is 5.30. The van der Waals surface area contributed by atoms with Gasteiger partial charge in [0.1, 0.15) is 17.8 Å². The topological polar surface area (TPSA) is 87.7 Å². The largest absolute Gasteiger partial charge is 0.491 e. The van der Waals surface area contributed by atoms with Gasteiger partial charge in [-0.15, -0.1) is 0 Å². The average Bonchev–Trinajstić information content (AvgIpc) is 3.10. The fourth-order valence-corrected chi connectivity index (χ4v) is 6.19. The van der Waals surface area contributed by atoms with Crippen molar-refractivity contribution in [1.82, 2.24) is 5.32 Å². The molecule has 1 saturated heterocycles. The van der Waals surface area contributed by atoms with E-state index in [1.807, 2.05) is 36.4 Å². The lowest BCUT2D eigenvalue weighted by Crippen LogP contribution is -2.57. The number of anilines is 1. The second-order valence-electron chi connectivity index (χ2n) is 8.58. The van der Waals surface area contributed by atoms with Crippen molar-refractivity contribution in [3.8, 4) is 5.75 Å². The van der Waals surface area contributed by atoms with Crippen LogP contribution in [0.4, 0.5) is 5.69 Å². The second-order valence-corrected chi connectivity index (χ2v) is 10.7. The molecule has 6 nitrogen and oxygen atoms in total. The van der Waals surface area contributed by atoms with Crippen molar-refractivity contribution >= 4 is 63.3 Å². The summed E-state index contributed by atoms with van der Waals surface area (Å²) in [5.74, 6) is -0.443. The molecule has 3 aromatic rings. The molecule has 0 aromatic heterocycles. The number of aliphatic hydroxyl groups excluding tert-OH is 1. The van der Waals surface area contributed by atoms with Gasteiger partial charge in [-0.25, -0.2) is 0 Å². The van der Waals surface area contributed by atoms with Crippen LogP contribution in [0.25, 0.3) is 0 Å². The Kier molecular flexibility index (Phi) is 6.69. The van der Waals surface area contributed by atoms with Crippen LogP contribution in [0.15, 0.2) is 60.7 Å². The van der Waals surface area contributed by atoms with Gasteiger partial charge < -0.3 is 20.5 Å². The van der Waals surface area contributed by atoms with E-state index in [4.69, 9.17) is 27.9 Å². The van der Waals surface area contributed by atoms with Crippen LogP contribution in [0.2, 0.25) is 10.0 Å². The van der Waals surface area contributed by atoms with Crippen molar-refractivity contribution in [2.75, 3.05) is 18.5 Å². The van der Waals surface area contributed by atoms with Gasteiger partial charge in [0.05, 0.1) is 12.6 Å². The number of benzene rings is 3. The van der Waals surface area contributed by atoms with Crippen LogP contribution in [0, 0.1) is 3.57 Å². The standard InChI is InChI=1S/C26H21Cl2IN2O4/c27-15-3-1-2-14(10-15)20-13-23(33)31-24(18-12-17(29)5-7-22(18)35-9-8-32)26(20)19-6-4-16(28)11-21(19)30-25(26)34/h1-7,10-12,20,24,32H,8-9,13H2,(H,30,34)(H,31,33). The molecule has 0 bridgehead atoms. The molecule has 1 spiro atoms. The minimum atomic E-state index is -1.19. The average molecular weight is 623 g/mol. The maximum absolute atomic E-state index is 14.1. The molecule has 2 aliphatic heterocycles. The summed E-state index contributed by atoms with van der Waals surface area (Å²) in [5, 5.41) is 16.5. The molecule has 2 heterocycles. The zero-order valence-corrected chi connectivity index (χ0v) is 22.0. The van der Waals surface area contributed by atoms with Gasteiger partial charge in [0, 0.05) is 37.2 Å². The molecule has 180 valence electrons. The number of hydrogen-bond acceptors (Lipinski definition) is 4. The summed E-state index contributed by atoms with van der Waals surface area (Å²) in [7, 11) is 0. The Labute approximate surface area is 226 Å². The highest BCUT2D eigenvalue weighted by molar-refractivity contribution is 14.1. The molecule has 3 N–H and O–H groups in total. The molecule has 2 aliphatic rings. The normalized spacial score (nSPS) is 23.1. The molecule has 3 unspecified atom stereocenters. The summed E-state index contributed by atoms with van der Waals surface area (Å²) >= 11 is 14.8. The number of rotatable bonds is 5. The van der Waals surface area contributed by atoms with Crippen molar-refractivity contribution in [3.63, 3.8) is 0 Å². The van der Waals surface area contributed by atoms with E-state index in [0.717, 1.165) is 14.7 Å². The number of fused-ring (bicyclic) bond motifs is 2. The Morgan fingerprint density at radius 2 is 1.86 bits per heavy atom. The Hall–Kier alpha value is -2.33. The van der Waals surface area contributed by atoms with E-state index >= 15 is 0 Å². The van der Waals surface area contributed by atoms with Crippen LogP contribution in [0.3, 0.4) is 0 Å². The highest BCUT2D eigenvalue weighted by Gasteiger charge is 2.61. The van der Waals surface area contributed by atoms with Crippen LogP contribution >= 0.6 is 45.8 Å². The molecular formula is C26H21Cl2IN2O4. The van der Waals surface area contributed by atoms with Gasteiger partial charge in [0.25, 0.3) is 0 Å². The first kappa shape index (κ1) is 24.4. The summed E-state index contributed by atoms with van der Waals surface area (Å²) in [6.45, 7) is -0.0854. The zero-order valence-electron chi connectivity index (χ0n) is 18.4. The first-order valence-electron chi connectivity index (χ1n) is 11.0. The number of halogens is 3. The van der Waals surface area contributed by atoms with E-state index in [-0.39, 0.29) is 31.4 Å². The maximum atomic E-state index is 14.1. The van der Waals surface area contributed by atoms with Crippen LogP contribution in [0.1, 0.15) is 35.1 Å². The minimum Gasteiger partial charge on any atom is -0.491 e. The number of piperidine rings is 1. The van der Waals surface area contributed by atoms with Crippen molar-refractivity contribution in [1.29, 1.82) is 0 Å². The SMILES string of the molecule is O=C1CC(c2cccc(Cl)c2)C2(C(=O)Nc3cc(Cl)ccc32)C(c2cc(I)ccc2OCCO)N1. The summed E-state index contributed by atoms with van der Waals surface area (Å²) in [6.07, 6.45) is 0.100. The molecule has 2 amide bonds. The van der Waals surface area contributed by atoms with Crippen LogP contribution in [-0.2, 0) is 15.0 Å². The quantitative estimate of drug-likeness (QED) is 0.341. The molecule has 3 aromatic carbocycles. The van der Waals surface area contributed by atoms with Crippen LogP contribution in [-0.4, -0.2) is 30.1 Å². The number of nitrogens with one attached hydrogen (secondary N) is 2. The van der Waals surface area contributed by atoms with Gasteiger partial charge in [-0.05, 0) is 76.2 Å². The second kappa shape index (κ2) is 9.61. The first-order chi connectivity index (χ1) is 16.8. The van der Waals surface area contributed by atoms with Gasteiger partial charge in [-0.1, -0.05) is 41.4 Å². The molecular weight excluding hydrogens is 602 g/mol. The zero-order chi connectivity index (χ0) is 24.7. The smallest absolute Gasteiger partial charge is 0.238 e. The van der Waals surface area contributed by atoms with Crippen molar-refractivity contribution < 1.29 is 19.4 Å². The Morgan fingerprint density at radius 3 is 2.63 bits per heavy atom. The lowest BCUT2D eigenvalue weighted by Gasteiger charge is -2.46. The van der Waals surface area contributed by atoms with Crippen LogP contribution < -0.4 is 15.4 Å². The summed E-state index contributed by atoms with van der Waals surface area (Å²) in [6, 6.07) is 17.4. The summed E-state index contributed by atoms with van der Waals surface area (Å²) in [5.41, 5.74) is 1.61. The minimum absolute atomic E-state index is 0.0807. The molecule has 1 fully saturated rings.